The molecular weight excluding hydrogens is 512 g/mol. The average molecular weight is 535 g/mol. The van der Waals surface area contributed by atoms with Crippen LogP contribution in [-0.4, -0.2) is 9.55 Å². The van der Waals surface area contributed by atoms with Gasteiger partial charge in [-0.2, -0.15) is 0 Å². The molecule has 0 saturated heterocycles. The summed E-state index contributed by atoms with van der Waals surface area (Å²) in [6, 6.07) is 43.8. The summed E-state index contributed by atoms with van der Waals surface area (Å²) < 4.78 is 8.51. The molecule has 1 aliphatic carbocycles. The second kappa shape index (κ2) is 7.96. The minimum atomic E-state index is 0.919. The fourth-order valence-electron chi connectivity index (χ4n) is 7.16. The maximum Gasteiger partial charge on any atom is 0.135 e. The van der Waals surface area contributed by atoms with Crippen LogP contribution in [0.5, 0.6) is 0 Å². The van der Waals surface area contributed by atoms with E-state index in [-0.39, 0.29) is 0 Å². The van der Waals surface area contributed by atoms with Crippen molar-refractivity contribution in [1.82, 2.24) is 9.55 Å². The van der Waals surface area contributed by atoms with Crippen LogP contribution in [-0.2, 0) is 0 Å². The van der Waals surface area contributed by atoms with Crippen LogP contribution >= 0.6 is 0 Å². The van der Waals surface area contributed by atoms with Crippen molar-refractivity contribution in [3.05, 3.63) is 134 Å². The molecule has 42 heavy (non-hydrogen) atoms. The first-order chi connectivity index (χ1) is 20.8. The Morgan fingerprint density at radius 2 is 1.29 bits per heavy atom. The number of para-hydroxylation sites is 2. The lowest BCUT2D eigenvalue weighted by molar-refractivity contribution is 0.669. The van der Waals surface area contributed by atoms with E-state index >= 15 is 0 Å². The molecule has 3 heteroatoms. The molecule has 194 valence electrons. The molecule has 1 aliphatic rings. The molecule has 9 aromatic rings. The van der Waals surface area contributed by atoms with Crippen LogP contribution in [0.1, 0.15) is 0 Å². The van der Waals surface area contributed by atoms with E-state index in [1.165, 1.54) is 71.6 Å². The number of hydrogen-bond donors (Lipinski definition) is 0. The lowest BCUT2D eigenvalue weighted by Gasteiger charge is -2.12. The van der Waals surface area contributed by atoms with Crippen LogP contribution in [0.4, 0.5) is 0 Å². The summed E-state index contributed by atoms with van der Waals surface area (Å²) in [4.78, 5) is 4.43. The predicted octanol–water partition coefficient (Wildman–Crippen LogP) is 10.5. The zero-order valence-electron chi connectivity index (χ0n) is 22.5. The average Bonchev–Trinajstić information content (AvgIpc) is 3.69. The van der Waals surface area contributed by atoms with E-state index in [1.807, 2.05) is 24.5 Å². The third-order valence-corrected chi connectivity index (χ3v) is 9.00. The van der Waals surface area contributed by atoms with Gasteiger partial charge in [0.2, 0.25) is 0 Å². The monoisotopic (exact) mass is 534 g/mol. The van der Waals surface area contributed by atoms with Gasteiger partial charge in [0.05, 0.1) is 11.0 Å². The molecule has 0 bridgehead atoms. The lowest BCUT2D eigenvalue weighted by Crippen LogP contribution is -1.94. The zero-order chi connectivity index (χ0) is 27.4. The number of hydrogen-bond acceptors (Lipinski definition) is 2. The van der Waals surface area contributed by atoms with Crippen molar-refractivity contribution >= 4 is 54.5 Å². The van der Waals surface area contributed by atoms with Crippen molar-refractivity contribution in [3.8, 4) is 39.1 Å². The van der Waals surface area contributed by atoms with E-state index in [0.29, 0.717) is 0 Å². The molecule has 3 nitrogen and oxygen atoms in total. The Kier molecular flexibility index (Phi) is 4.18. The number of pyridine rings is 1. The number of benzene rings is 6. The number of aromatic nitrogens is 2. The van der Waals surface area contributed by atoms with Gasteiger partial charge in [0.15, 0.2) is 0 Å². The number of nitrogens with zero attached hydrogens (tertiary/aromatic N) is 2. The van der Waals surface area contributed by atoms with Gasteiger partial charge in [-0.1, -0.05) is 66.7 Å². The Hall–Kier alpha value is -5.67. The molecule has 0 spiro atoms. The second-order valence-corrected chi connectivity index (χ2v) is 11.2. The van der Waals surface area contributed by atoms with Crippen molar-refractivity contribution in [3.63, 3.8) is 0 Å². The first-order valence-electron chi connectivity index (χ1n) is 14.3. The van der Waals surface area contributed by atoms with Crippen LogP contribution in [0.2, 0.25) is 0 Å². The fourth-order valence-corrected chi connectivity index (χ4v) is 7.16. The van der Waals surface area contributed by atoms with Gasteiger partial charge in [-0.05, 0) is 93.2 Å². The van der Waals surface area contributed by atoms with Crippen molar-refractivity contribution < 1.29 is 4.42 Å². The largest absolute Gasteiger partial charge is 0.456 e. The SMILES string of the molecule is c1cc2c3c(cc(-n4c5ccccc5c5cc(-c6ccc7oc8ccccc8c7c6)ccc54)cc3c1)-c1ccncc1-2. The van der Waals surface area contributed by atoms with Gasteiger partial charge >= 0.3 is 0 Å². The molecule has 0 fully saturated rings. The molecule has 0 unspecified atom stereocenters. The predicted molar refractivity (Wildman–Crippen MR) is 173 cm³/mol. The Labute approximate surface area is 240 Å². The molecule has 0 aliphatic heterocycles. The van der Waals surface area contributed by atoms with Gasteiger partial charge in [-0.15, -0.1) is 0 Å². The highest BCUT2D eigenvalue weighted by Crippen LogP contribution is 2.48. The van der Waals surface area contributed by atoms with Gasteiger partial charge in [0.1, 0.15) is 11.2 Å². The van der Waals surface area contributed by atoms with Crippen LogP contribution in [0.15, 0.2) is 138 Å². The molecule has 3 heterocycles. The fraction of sp³-hybridized carbons (Fsp3) is 0. The first kappa shape index (κ1) is 22.1. The van der Waals surface area contributed by atoms with E-state index in [1.54, 1.807) is 0 Å². The topological polar surface area (TPSA) is 31.0 Å². The normalized spacial score (nSPS) is 12.3. The summed E-state index contributed by atoms with van der Waals surface area (Å²) in [5.41, 5.74) is 12.8. The van der Waals surface area contributed by atoms with E-state index in [4.69, 9.17) is 4.42 Å². The standard InChI is InChI=1S/C39H22N2O/c1-3-10-35-28(7-1)31-19-23(24-13-15-38-32(20-24)29-8-2-4-11-37(29)42-38)12-14-36(31)41(35)26-18-25-6-5-9-30-34-22-40-17-16-27(34)33(21-26)39(25)30/h1-22H. The van der Waals surface area contributed by atoms with Crippen LogP contribution in [0.25, 0.3) is 93.6 Å². The summed E-state index contributed by atoms with van der Waals surface area (Å²) in [7, 11) is 0. The van der Waals surface area contributed by atoms with Crippen LogP contribution in [0, 0.1) is 0 Å². The van der Waals surface area contributed by atoms with E-state index in [2.05, 4.69) is 119 Å². The number of furan rings is 1. The summed E-state index contributed by atoms with van der Waals surface area (Å²) in [5, 5.41) is 7.36. The van der Waals surface area contributed by atoms with Gasteiger partial charge in [-0.25, -0.2) is 0 Å². The minimum Gasteiger partial charge on any atom is -0.456 e. The first-order valence-corrected chi connectivity index (χ1v) is 14.3. The third kappa shape index (κ3) is 2.87. The summed E-state index contributed by atoms with van der Waals surface area (Å²) in [6.45, 7) is 0. The molecule has 0 radical (unpaired) electrons. The lowest BCUT2D eigenvalue weighted by atomic mass is 10.0. The van der Waals surface area contributed by atoms with Crippen molar-refractivity contribution in [1.29, 1.82) is 0 Å². The van der Waals surface area contributed by atoms with E-state index in [9.17, 15) is 0 Å². The second-order valence-electron chi connectivity index (χ2n) is 11.2. The number of rotatable bonds is 2. The summed E-state index contributed by atoms with van der Waals surface area (Å²) in [5.74, 6) is 0. The zero-order valence-corrected chi connectivity index (χ0v) is 22.5. The smallest absolute Gasteiger partial charge is 0.135 e. The Morgan fingerprint density at radius 1 is 0.500 bits per heavy atom. The van der Waals surface area contributed by atoms with Gasteiger partial charge in [0, 0.05) is 45.2 Å². The molecule has 6 aromatic carbocycles. The molecule has 0 atom stereocenters. The quantitative estimate of drug-likeness (QED) is 0.221. The molecule has 0 N–H and O–H groups in total. The van der Waals surface area contributed by atoms with Crippen molar-refractivity contribution in [2.75, 3.05) is 0 Å². The van der Waals surface area contributed by atoms with Crippen LogP contribution in [0.3, 0.4) is 0 Å². The van der Waals surface area contributed by atoms with Gasteiger partial charge in [0.25, 0.3) is 0 Å². The highest BCUT2D eigenvalue weighted by molar-refractivity contribution is 6.17. The van der Waals surface area contributed by atoms with Crippen molar-refractivity contribution in [2.24, 2.45) is 0 Å². The summed E-state index contributed by atoms with van der Waals surface area (Å²) >= 11 is 0. The minimum absolute atomic E-state index is 0.919. The van der Waals surface area contributed by atoms with Crippen molar-refractivity contribution in [2.45, 2.75) is 0 Å². The van der Waals surface area contributed by atoms with Gasteiger partial charge < -0.3 is 8.98 Å². The van der Waals surface area contributed by atoms with E-state index in [0.717, 1.165) is 21.9 Å². The highest BCUT2D eigenvalue weighted by Gasteiger charge is 2.23. The summed E-state index contributed by atoms with van der Waals surface area (Å²) in [6.07, 6.45) is 3.89. The molecule has 0 saturated carbocycles. The van der Waals surface area contributed by atoms with Gasteiger partial charge in [-0.3, -0.25) is 4.98 Å². The maximum atomic E-state index is 6.09. The molecule has 10 rings (SSSR count). The molecule has 0 amide bonds. The molecule has 3 aromatic heterocycles. The van der Waals surface area contributed by atoms with E-state index < -0.39 is 0 Å². The number of fused-ring (bicyclic) bond motifs is 9. The molecular formula is C39H22N2O. The Morgan fingerprint density at radius 3 is 2.24 bits per heavy atom. The third-order valence-electron chi connectivity index (χ3n) is 9.00. The maximum absolute atomic E-state index is 6.09. The Balaban J connectivity index is 1.22. The van der Waals surface area contributed by atoms with Crippen LogP contribution < -0.4 is 0 Å². The Bertz CT molecular complexity index is 2580. The highest BCUT2D eigenvalue weighted by atomic mass is 16.3.